The van der Waals surface area contributed by atoms with E-state index in [2.05, 4.69) is 31.0 Å². The molecular formula is C21H18ClN7O. The van der Waals surface area contributed by atoms with Crippen LogP contribution in [0.4, 0.5) is 0 Å². The monoisotopic (exact) mass is 419 g/mol. The molecule has 1 saturated carbocycles. The minimum Gasteiger partial charge on any atom is -0.333 e. The SMILES string of the molecule is CC(c1nccnc1-c1cnccn1)N(C)C(=O)c1cc(Cl)nc(C2(C#N)CC2)c1. The standard InChI is InChI=1S/C21H18ClN7O/c1-13(18-19(27-8-7-26-18)15-11-24-5-6-25-15)29(2)20(30)14-9-16(28-17(22)10-14)21(12-23)3-4-21/h5-11,13H,3-4H2,1-2H3. The van der Waals surface area contributed by atoms with Gasteiger partial charge >= 0.3 is 0 Å². The summed E-state index contributed by atoms with van der Waals surface area (Å²) in [6.07, 6.45) is 9.36. The van der Waals surface area contributed by atoms with Crippen molar-refractivity contribution in [2.75, 3.05) is 7.05 Å². The molecule has 3 aromatic heterocycles. The third-order valence-electron chi connectivity index (χ3n) is 5.32. The number of hydrogen-bond donors (Lipinski definition) is 0. The maximum atomic E-state index is 13.2. The van der Waals surface area contributed by atoms with Crippen molar-refractivity contribution in [2.24, 2.45) is 0 Å². The molecule has 0 spiro atoms. The Hall–Kier alpha value is -3.44. The Balaban J connectivity index is 1.66. The van der Waals surface area contributed by atoms with Crippen LogP contribution in [0.2, 0.25) is 5.15 Å². The molecule has 30 heavy (non-hydrogen) atoms. The zero-order chi connectivity index (χ0) is 21.3. The molecule has 8 nitrogen and oxygen atoms in total. The van der Waals surface area contributed by atoms with Crippen molar-refractivity contribution < 1.29 is 4.79 Å². The molecule has 0 aliphatic heterocycles. The first kappa shape index (κ1) is 19.9. The van der Waals surface area contributed by atoms with E-state index < -0.39 is 11.5 Å². The Bertz CT molecular complexity index is 1140. The zero-order valence-electron chi connectivity index (χ0n) is 16.4. The quantitative estimate of drug-likeness (QED) is 0.583. The Kier molecular flexibility index (Phi) is 5.14. The van der Waals surface area contributed by atoms with Crippen LogP contribution in [0, 0.1) is 11.3 Å². The van der Waals surface area contributed by atoms with Crippen molar-refractivity contribution >= 4 is 17.5 Å². The summed E-state index contributed by atoms with van der Waals surface area (Å²) in [5, 5.41) is 9.65. The van der Waals surface area contributed by atoms with Crippen LogP contribution in [0.1, 0.15) is 47.6 Å². The molecule has 0 bridgehead atoms. The molecule has 3 heterocycles. The fourth-order valence-corrected chi connectivity index (χ4v) is 3.46. The lowest BCUT2D eigenvalue weighted by Gasteiger charge is -2.26. The number of hydrogen-bond acceptors (Lipinski definition) is 7. The molecule has 3 aromatic rings. The van der Waals surface area contributed by atoms with Gasteiger partial charge in [0.15, 0.2) is 0 Å². The molecule has 1 aliphatic carbocycles. The third-order valence-corrected chi connectivity index (χ3v) is 5.52. The van der Waals surface area contributed by atoms with Gasteiger partial charge in [0.25, 0.3) is 5.91 Å². The lowest BCUT2D eigenvalue weighted by atomic mass is 10.0. The summed E-state index contributed by atoms with van der Waals surface area (Å²) < 4.78 is 0. The number of nitriles is 1. The highest BCUT2D eigenvalue weighted by atomic mass is 35.5. The van der Waals surface area contributed by atoms with E-state index in [-0.39, 0.29) is 11.1 Å². The number of carbonyl (C=O) groups is 1. The van der Waals surface area contributed by atoms with Crippen molar-refractivity contribution in [3.63, 3.8) is 0 Å². The number of halogens is 1. The minimum absolute atomic E-state index is 0.193. The lowest BCUT2D eigenvalue weighted by molar-refractivity contribution is 0.0739. The summed E-state index contributed by atoms with van der Waals surface area (Å²) in [5.41, 5.74) is 2.03. The van der Waals surface area contributed by atoms with Gasteiger partial charge in [-0.05, 0) is 31.9 Å². The number of aromatic nitrogens is 5. The molecule has 0 N–H and O–H groups in total. The molecule has 1 unspecified atom stereocenters. The number of carbonyl (C=O) groups excluding carboxylic acids is 1. The Labute approximate surface area is 178 Å². The first-order valence-corrected chi connectivity index (χ1v) is 9.77. The summed E-state index contributed by atoms with van der Waals surface area (Å²) in [7, 11) is 1.69. The van der Waals surface area contributed by atoms with Gasteiger partial charge in [-0.1, -0.05) is 11.6 Å². The van der Waals surface area contributed by atoms with E-state index in [1.54, 1.807) is 49.0 Å². The highest BCUT2D eigenvalue weighted by molar-refractivity contribution is 6.29. The van der Waals surface area contributed by atoms with Crippen LogP contribution in [0.5, 0.6) is 0 Å². The zero-order valence-corrected chi connectivity index (χ0v) is 17.2. The molecule has 1 aliphatic rings. The predicted molar refractivity (Wildman–Crippen MR) is 109 cm³/mol. The van der Waals surface area contributed by atoms with Gasteiger partial charge in [0, 0.05) is 37.4 Å². The van der Waals surface area contributed by atoms with E-state index in [0.29, 0.717) is 28.3 Å². The Morgan fingerprint density at radius 1 is 1.20 bits per heavy atom. The fraction of sp³-hybridized carbons (Fsp3) is 0.286. The van der Waals surface area contributed by atoms with Crippen molar-refractivity contribution in [3.05, 3.63) is 65.2 Å². The van der Waals surface area contributed by atoms with Gasteiger partial charge in [-0.2, -0.15) is 5.26 Å². The molecule has 0 aromatic carbocycles. The third kappa shape index (κ3) is 3.60. The summed E-state index contributed by atoms with van der Waals surface area (Å²) >= 11 is 6.16. The van der Waals surface area contributed by atoms with E-state index in [0.717, 1.165) is 12.8 Å². The van der Waals surface area contributed by atoms with Gasteiger partial charge in [-0.15, -0.1) is 0 Å². The van der Waals surface area contributed by atoms with Crippen LogP contribution in [0.25, 0.3) is 11.4 Å². The molecule has 4 rings (SSSR count). The molecule has 9 heteroatoms. The lowest BCUT2D eigenvalue weighted by Crippen LogP contribution is -2.31. The molecule has 150 valence electrons. The first-order chi connectivity index (χ1) is 14.4. The maximum Gasteiger partial charge on any atom is 0.254 e. The second kappa shape index (κ2) is 7.76. The van der Waals surface area contributed by atoms with Crippen LogP contribution >= 0.6 is 11.6 Å². The molecule has 1 atom stereocenters. The summed E-state index contributed by atoms with van der Waals surface area (Å²) in [5.74, 6) is -0.252. The van der Waals surface area contributed by atoms with Crippen molar-refractivity contribution in [1.82, 2.24) is 29.8 Å². The van der Waals surface area contributed by atoms with Crippen molar-refractivity contribution in [2.45, 2.75) is 31.2 Å². The van der Waals surface area contributed by atoms with E-state index in [1.807, 2.05) is 6.92 Å². The number of rotatable bonds is 5. The summed E-state index contributed by atoms with van der Waals surface area (Å²) in [4.78, 5) is 36.3. The average molecular weight is 420 g/mol. The van der Waals surface area contributed by atoms with E-state index >= 15 is 0 Å². The topological polar surface area (TPSA) is 109 Å². The van der Waals surface area contributed by atoms with E-state index in [1.165, 1.54) is 6.07 Å². The summed E-state index contributed by atoms with van der Waals surface area (Å²) in [6, 6.07) is 5.07. The Morgan fingerprint density at radius 2 is 1.93 bits per heavy atom. The van der Waals surface area contributed by atoms with Crippen LogP contribution in [0.15, 0.2) is 43.1 Å². The highest BCUT2D eigenvalue weighted by Crippen LogP contribution is 2.47. The summed E-state index contributed by atoms with van der Waals surface area (Å²) in [6.45, 7) is 1.86. The van der Waals surface area contributed by atoms with Crippen molar-refractivity contribution in [1.29, 1.82) is 5.26 Å². The first-order valence-electron chi connectivity index (χ1n) is 9.39. The second-order valence-electron chi connectivity index (χ2n) is 7.23. The normalized spacial score (nSPS) is 15.1. The van der Waals surface area contributed by atoms with Crippen LogP contribution < -0.4 is 0 Å². The van der Waals surface area contributed by atoms with Gasteiger partial charge in [0.2, 0.25) is 0 Å². The van der Waals surface area contributed by atoms with E-state index in [9.17, 15) is 10.1 Å². The number of amides is 1. The van der Waals surface area contributed by atoms with Crippen LogP contribution in [0.3, 0.4) is 0 Å². The average Bonchev–Trinajstić information content (AvgIpc) is 3.59. The minimum atomic E-state index is -0.631. The van der Waals surface area contributed by atoms with Gasteiger partial charge < -0.3 is 4.90 Å². The van der Waals surface area contributed by atoms with E-state index in [4.69, 9.17) is 11.6 Å². The van der Waals surface area contributed by atoms with Gasteiger partial charge in [-0.25, -0.2) is 4.98 Å². The van der Waals surface area contributed by atoms with Gasteiger partial charge in [0.1, 0.15) is 16.5 Å². The Morgan fingerprint density at radius 3 is 2.60 bits per heavy atom. The molecule has 1 amide bonds. The van der Waals surface area contributed by atoms with Gasteiger partial charge in [0.05, 0.1) is 35.1 Å². The molecular weight excluding hydrogens is 402 g/mol. The van der Waals surface area contributed by atoms with Crippen LogP contribution in [-0.4, -0.2) is 42.8 Å². The van der Waals surface area contributed by atoms with Crippen molar-refractivity contribution in [3.8, 4) is 17.5 Å². The second-order valence-corrected chi connectivity index (χ2v) is 7.62. The van der Waals surface area contributed by atoms with Gasteiger partial charge in [-0.3, -0.25) is 24.7 Å². The predicted octanol–water partition coefficient (Wildman–Crippen LogP) is 3.37. The maximum absolute atomic E-state index is 13.2. The highest BCUT2D eigenvalue weighted by Gasteiger charge is 2.47. The molecule has 1 fully saturated rings. The molecule has 0 saturated heterocycles. The van der Waals surface area contributed by atoms with Crippen LogP contribution in [-0.2, 0) is 5.41 Å². The largest absolute Gasteiger partial charge is 0.333 e. The number of pyridine rings is 1. The molecule has 0 radical (unpaired) electrons. The smallest absolute Gasteiger partial charge is 0.254 e. The fourth-order valence-electron chi connectivity index (χ4n) is 3.25. The number of nitrogens with zero attached hydrogens (tertiary/aromatic N) is 7.